The number of aromatic amines is 1. The first-order chi connectivity index (χ1) is 13.7. The molecule has 0 aliphatic rings. The van der Waals surface area contributed by atoms with Crippen molar-refractivity contribution in [3.8, 4) is 5.75 Å². The lowest BCUT2D eigenvalue weighted by molar-refractivity contribution is 0.415. The molecule has 2 aromatic carbocycles. The van der Waals surface area contributed by atoms with E-state index in [9.17, 15) is 4.79 Å². The summed E-state index contributed by atoms with van der Waals surface area (Å²) in [7, 11) is 1.64. The maximum absolute atomic E-state index is 12.1. The van der Waals surface area contributed by atoms with Crippen molar-refractivity contribution < 1.29 is 4.74 Å². The number of fused-ring (bicyclic) bond motifs is 1. The van der Waals surface area contributed by atoms with Gasteiger partial charge in [-0.2, -0.15) is 0 Å². The molecule has 28 heavy (non-hydrogen) atoms. The number of hydrogen-bond donors (Lipinski definition) is 2. The highest BCUT2D eigenvalue weighted by Gasteiger charge is 2.08. The number of rotatable bonds is 8. The third-order valence-electron chi connectivity index (χ3n) is 4.16. The largest absolute Gasteiger partial charge is 0.497 e. The van der Waals surface area contributed by atoms with Crippen LogP contribution in [0.3, 0.4) is 0 Å². The second kappa shape index (κ2) is 8.49. The molecule has 9 heteroatoms. The first-order valence-electron chi connectivity index (χ1n) is 8.78. The van der Waals surface area contributed by atoms with E-state index in [-0.39, 0.29) is 5.69 Å². The van der Waals surface area contributed by atoms with Gasteiger partial charge in [0.2, 0.25) is 5.13 Å². The number of H-pyrrole nitrogens is 1. The molecular formula is C19H19N5O2S2. The van der Waals surface area contributed by atoms with Crippen molar-refractivity contribution in [2.24, 2.45) is 0 Å². The molecule has 0 bridgehead atoms. The van der Waals surface area contributed by atoms with Crippen molar-refractivity contribution in [2.75, 3.05) is 18.2 Å². The number of para-hydroxylation sites is 2. The van der Waals surface area contributed by atoms with Crippen LogP contribution >= 0.6 is 23.1 Å². The van der Waals surface area contributed by atoms with Crippen molar-refractivity contribution in [2.45, 2.75) is 17.3 Å². The summed E-state index contributed by atoms with van der Waals surface area (Å²) in [5.74, 6) is 1.65. The lowest BCUT2D eigenvalue weighted by Gasteiger charge is -2.04. The van der Waals surface area contributed by atoms with Gasteiger partial charge < -0.3 is 15.0 Å². The molecule has 2 N–H and O–H groups in total. The van der Waals surface area contributed by atoms with Gasteiger partial charge in [0.15, 0.2) is 4.34 Å². The van der Waals surface area contributed by atoms with Crippen molar-refractivity contribution in [1.82, 2.24) is 19.7 Å². The van der Waals surface area contributed by atoms with Crippen molar-refractivity contribution in [1.29, 1.82) is 0 Å². The summed E-state index contributed by atoms with van der Waals surface area (Å²) >= 11 is 3.16. The first kappa shape index (κ1) is 18.6. The molecule has 0 spiro atoms. The van der Waals surface area contributed by atoms with Crippen molar-refractivity contribution in [3.63, 3.8) is 0 Å². The van der Waals surface area contributed by atoms with Gasteiger partial charge in [0.25, 0.3) is 0 Å². The van der Waals surface area contributed by atoms with Gasteiger partial charge in [-0.05, 0) is 30.7 Å². The fourth-order valence-corrected chi connectivity index (χ4v) is 4.62. The fourth-order valence-electron chi connectivity index (χ4n) is 2.85. The average Bonchev–Trinajstić information content (AvgIpc) is 3.29. The molecule has 0 fully saturated rings. The number of imidazole rings is 1. The molecule has 0 amide bonds. The maximum atomic E-state index is 12.1. The van der Waals surface area contributed by atoms with Gasteiger partial charge >= 0.3 is 5.69 Å². The topological polar surface area (TPSA) is 84.8 Å². The molecular weight excluding hydrogens is 394 g/mol. The van der Waals surface area contributed by atoms with E-state index >= 15 is 0 Å². The van der Waals surface area contributed by atoms with Gasteiger partial charge in [0.05, 0.1) is 18.1 Å². The summed E-state index contributed by atoms with van der Waals surface area (Å²) in [6, 6.07) is 15.4. The van der Waals surface area contributed by atoms with E-state index < -0.39 is 0 Å². The van der Waals surface area contributed by atoms with Crippen LogP contribution in [0.2, 0.25) is 0 Å². The van der Waals surface area contributed by atoms with Gasteiger partial charge in [-0.3, -0.25) is 4.57 Å². The second-order valence-electron chi connectivity index (χ2n) is 6.03. The number of thioether (sulfide) groups is 1. The van der Waals surface area contributed by atoms with Gasteiger partial charge in [-0.15, -0.1) is 10.2 Å². The molecule has 0 saturated carbocycles. The zero-order valence-electron chi connectivity index (χ0n) is 15.2. The Labute approximate surface area is 169 Å². The van der Waals surface area contributed by atoms with Crippen LogP contribution in [-0.2, 0) is 6.54 Å². The van der Waals surface area contributed by atoms with E-state index in [1.165, 1.54) is 11.3 Å². The third-order valence-corrected chi connectivity index (χ3v) is 6.22. The summed E-state index contributed by atoms with van der Waals surface area (Å²) in [5, 5.41) is 12.4. The van der Waals surface area contributed by atoms with E-state index in [0.29, 0.717) is 6.54 Å². The van der Waals surface area contributed by atoms with Crippen LogP contribution in [0.15, 0.2) is 57.7 Å². The van der Waals surface area contributed by atoms with E-state index in [1.807, 2.05) is 48.5 Å². The first-order valence-corrected chi connectivity index (χ1v) is 10.6. The van der Waals surface area contributed by atoms with Gasteiger partial charge in [0, 0.05) is 24.1 Å². The highest BCUT2D eigenvalue weighted by molar-refractivity contribution is 8.01. The lowest BCUT2D eigenvalue weighted by Crippen LogP contribution is -2.17. The number of nitrogens with zero attached hydrogens (tertiary/aromatic N) is 3. The van der Waals surface area contributed by atoms with Crippen LogP contribution in [0.4, 0.5) is 10.8 Å². The molecule has 0 saturated heterocycles. The average molecular weight is 414 g/mol. The zero-order chi connectivity index (χ0) is 19.3. The van der Waals surface area contributed by atoms with Crippen molar-refractivity contribution in [3.05, 3.63) is 59.0 Å². The highest BCUT2D eigenvalue weighted by atomic mass is 32.2. The predicted octanol–water partition coefficient (Wildman–Crippen LogP) is 4.12. The molecule has 0 unspecified atom stereocenters. The number of anilines is 2. The van der Waals surface area contributed by atoms with Gasteiger partial charge in [0.1, 0.15) is 5.75 Å². The number of aryl methyl sites for hydroxylation is 1. The van der Waals surface area contributed by atoms with Crippen LogP contribution in [0, 0.1) is 0 Å². The van der Waals surface area contributed by atoms with E-state index in [0.717, 1.165) is 44.1 Å². The third kappa shape index (κ3) is 4.20. The number of benzene rings is 2. The summed E-state index contributed by atoms with van der Waals surface area (Å²) < 4.78 is 7.91. The number of aromatic nitrogens is 4. The standard InChI is InChI=1S/C19H19N5O2S2/c1-26-14-7-4-6-13(12-14)20-17-22-23-19(28-17)27-11-5-10-24-16-9-3-2-8-15(16)21-18(24)25/h2-4,6-9,12H,5,10-11H2,1H3,(H,20,22)(H,21,25). The minimum Gasteiger partial charge on any atom is -0.497 e. The van der Waals surface area contributed by atoms with Crippen LogP contribution in [0.25, 0.3) is 11.0 Å². The molecule has 2 heterocycles. The van der Waals surface area contributed by atoms with Crippen molar-refractivity contribution >= 4 is 45.0 Å². The van der Waals surface area contributed by atoms with Crippen LogP contribution in [-0.4, -0.2) is 32.6 Å². The predicted molar refractivity (Wildman–Crippen MR) is 114 cm³/mol. The minimum atomic E-state index is -0.0631. The van der Waals surface area contributed by atoms with Gasteiger partial charge in [-0.1, -0.05) is 41.3 Å². The van der Waals surface area contributed by atoms with E-state index in [4.69, 9.17) is 4.74 Å². The lowest BCUT2D eigenvalue weighted by atomic mass is 10.3. The number of ether oxygens (including phenoxy) is 1. The maximum Gasteiger partial charge on any atom is 0.326 e. The molecule has 144 valence electrons. The number of nitrogens with one attached hydrogen (secondary N) is 2. The molecule has 0 aliphatic carbocycles. The molecule has 0 radical (unpaired) electrons. The molecule has 0 aliphatic heterocycles. The second-order valence-corrected chi connectivity index (χ2v) is 8.35. The Bertz CT molecular complexity index is 1130. The molecule has 4 aromatic rings. The minimum absolute atomic E-state index is 0.0631. The Balaban J connectivity index is 1.31. The molecule has 2 aromatic heterocycles. The quantitative estimate of drug-likeness (QED) is 0.334. The summed E-state index contributed by atoms with van der Waals surface area (Å²) in [6.45, 7) is 0.670. The number of hydrogen-bond acceptors (Lipinski definition) is 7. The zero-order valence-corrected chi connectivity index (χ0v) is 16.8. The van der Waals surface area contributed by atoms with Crippen LogP contribution in [0.1, 0.15) is 6.42 Å². The summed E-state index contributed by atoms with van der Waals surface area (Å²) in [6.07, 6.45) is 0.866. The molecule has 7 nitrogen and oxygen atoms in total. The van der Waals surface area contributed by atoms with Crippen LogP contribution in [0.5, 0.6) is 5.75 Å². The number of methoxy groups -OCH3 is 1. The normalized spacial score (nSPS) is 11.0. The van der Waals surface area contributed by atoms with E-state index in [1.54, 1.807) is 23.4 Å². The van der Waals surface area contributed by atoms with E-state index in [2.05, 4.69) is 20.5 Å². The SMILES string of the molecule is COc1cccc(Nc2nnc(SCCCn3c(=O)[nH]c4ccccc43)s2)c1. The monoisotopic (exact) mass is 413 g/mol. The Hall–Kier alpha value is -2.78. The fraction of sp³-hybridized carbons (Fsp3) is 0.211. The summed E-state index contributed by atoms with van der Waals surface area (Å²) in [4.78, 5) is 15.0. The Morgan fingerprint density at radius 1 is 1.21 bits per heavy atom. The molecule has 0 atom stereocenters. The van der Waals surface area contributed by atoms with Crippen LogP contribution < -0.4 is 15.7 Å². The highest BCUT2D eigenvalue weighted by Crippen LogP contribution is 2.29. The Morgan fingerprint density at radius 2 is 2.11 bits per heavy atom. The Kier molecular flexibility index (Phi) is 5.63. The summed E-state index contributed by atoms with van der Waals surface area (Å²) in [5.41, 5.74) is 2.66. The Morgan fingerprint density at radius 3 is 3.00 bits per heavy atom. The smallest absolute Gasteiger partial charge is 0.326 e. The molecule has 4 rings (SSSR count). The van der Waals surface area contributed by atoms with Gasteiger partial charge in [-0.25, -0.2) is 4.79 Å².